The van der Waals surface area contributed by atoms with E-state index in [1.54, 1.807) is 0 Å². The van der Waals surface area contributed by atoms with Gasteiger partial charge in [0.1, 0.15) is 5.75 Å². The molecule has 2 rings (SSSR count). The highest BCUT2D eigenvalue weighted by atomic mass is 19.4. The van der Waals surface area contributed by atoms with Crippen LogP contribution in [-0.4, -0.2) is 19.2 Å². The Labute approximate surface area is 121 Å². The Morgan fingerprint density at radius 2 is 1.86 bits per heavy atom. The molecule has 0 radical (unpaired) electrons. The van der Waals surface area contributed by atoms with E-state index < -0.39 is 11.7 Å². The molecule has 0 aromatic heterocycles. The zero-order valence-corrected chi connectivity index (χ0v) is 11.7. The van der Waals surface area contributed by atoms with Crippen molar-refractivity contribution < 1.29 is 27.4 Å². The Balaban J connectivity index is 1.93. The third-order valence-electron chi connectivity index (χ3n) is 3.67. The number of rotatable bonds is 3. The van der Waals surface area contributed by atoms with Crippen molar-refractivity contribution in [3.63, 3.8) is 0 Å². The number of carbonyl (C=O) groups excluding carboxylic acids is 1. The zero-order chi connectivity index (χ0) is 15.5. The van der Waals surface area contributed by atoms with Gasteiger partial charge in [0.25, 0.3) is 0 Å². The molecule has 1 aromatic rings. The van der Waals surface area contributed by atoms with Gasteiger partial charge in [-0.2, -0.15) is 13.2 Å². The average molecular weight is 302 g/mol. The van der Waals surface area contributed by atoms with Crippen molar-refractivity contribution in [1.29, 1.82) is 0 Å². The molecule has 1 saturated carbocycles. The number of esters is 1. The van der Waals surface area contributed by atoms with E-state index >= 15 is 0 Å². The Morgan fingerprint density at radius 1 is 1.19 bits per heavy atom. The number of hydrogen-bond donors (Lipinski definition) is 0. The van der Waals surface area contributed by atoms with Crippen LogP contribution in [0.1, 0.15) is 31.2 Å². The van der Waals surface area contributed by atoms with Crippen molar-refractivity contribution in [2.75, 3.05) is 7.11 Å². The molecule has 1 aromatic carbocycles. The Morgan fingerprint density at radius 3 is 2.43 bits per heavy atom. The minimum atomic E-state index is -4.37. The van der Waals surface area contributed by atoms with E-state index in [1.807, 2.05) is 0 Å². The summed E-state index contributed by atoms with van der Waals surface area (Å²) in [7, 11) is 1.35. The summed E-state index contributed by atoms with van der Waals surface area (Å²) in [6.45, 7) is 0. The molecule has 6 heteroatoms. The highest BCUT2D eigenvalue weighted by molar-refractivity contribution is 5.72. The molecule has 3 nitrogen and oxygen atoms in total. The second kappa shape index (κ2) is 6.37. The standard InChI is InChI=1S/C15H17F3O3/c1-20-14(19)10-5-7-12(8-6-10)21-13-4-2-3-11(9-13)15(16,17)18/h2-4,9-10,12H,5-8H2,1H3. The van der Waals surface area contributed by atoms with Gasteiger partial charge in [0.05, 0.1) is 24.7 Å². The quantitative estimate of drug-likeness (QED) is 0.796. The van der Waals surface area contributed by atoms with Gasteiger partial charge >= 0.3 is 12.1 Å². The summed E-state index contributed by atoms with van der Waals surface area (Å²) in [5, 5.41) is 0. The maximum Gasteiger partial charge on any atom is 0.416 e. The fraction of sp³-hybridized carbons (Fsp3) is 0.533. The molecule has 0 spiro atoms. The summed E-state index contributed by atoms with van der Waals surface area (Å²) in [5.41, 5.74) is -0.719. The topological polar surface area (TPSA) is 35.5 Å². The third-order valence-corrected chi connectivity index (χ3v) is 3.67. The lowest BCUT2D eigenvalue weighted by atomic mass is 9.87. The van der Waals surface area contributed by atoms with Crippen molar-refractivity contribution in [2.24, 2.45) is 5.92 Å². The number of ether oxygens (including phenoxy) is 2. The summed E-state index contributed by atoms with van der Waals surface area (Å²) in [4.78, 5) is 11.4. The molecule has 0 bridgehead atoms. The number of alkyl halides is 3. The van der Waals surface area contributed by atoms with Crippen molar-refractivity contribution in [1.82, 2.24) is 0 Å². The highest BCUT2D eigenvalue weighted by Crippen LogP contribution is 2.33. The molecule has 0 aliphatic heterocycles. The fourth-order valence-corrected chi connectivity index (χ4v) is 2.52. The summed E-state index contributed by atoms with van der Waals surface area (Å²) < 4.78 is 48.1. The van der Waals surface area contributed by atoms with Crippen LogP contribution in [0, 0.1) is 5.92 Å². The van der Waals surface area contributed by atoms with Gasteiger partial charge in [0, 0.05) is 0 Å². The van der Waals surface area contributed by atoms with E-state index in [4.69, 9.17) is 9.47 Å². The maximum absolute atomic E-state index is 12.6. The molecule has 116 valence electrons. The molecule has 0 amide bonds. The molecule has 0 atom stereocenters. The largest absolute Gasteiger partial charge is 0.490 e. The van der Waals surface area contributed by atoms with Crippen LogP contribution in [0.3, 0.4) is 0 Å². The van der Waals surface area contributed by atoms with Gasteiger partial charge in [-0.1, -0.05) is 6.07 Å². The van der Waals surface area contributed by atoms with Gasteiger partial charge in [-0.3, -0.25) is 4.79 Å². The summed E-state index contributed by atoms with van der Waals surface area (Å²) in [5.74, 6) is -0.143. The Kier molecular flexibility index (Phi) is 4.75. The van der Waals surface area contributed by atoms with Crippen LogP contribution in [-0.2, 0) is 15.7 Å². The van der Waals surface area contributed by atoms with Crippen molar-refractivity contribution in [2.45, 2.75) is 38.0 Å². The SMILES string of the molecule is COC(=O)C1CCC(Oc2cccc(C(F)(F)F)c2)CC1. The summed E-state index contributed by atoms with van der Waals surface area (Å²) in [6.07, 6.45) is -1.99. The normalized spacial score (nSPS) is 22.7. The smallest absolute Gasteiger partial charge is 0.416 e. The Bertz CT molecular complexity index is 491. The molecule has 0 heterocycles. The van der Waals surface area contributed by atoms with Crippen molar-refractivity contribution >= 4 is 5.97 Å². The number of methoxy groups -OCH3 is 1. The first-order valence-corrected chi connectivity index (χ1v) is 6.82. The lowest BCUT2D eigenvalue weighted by molar-refractivity contribution is -0.147. The minimum Gasteiger partial charge on any atom is -0.490 e. The summed E-state index contributed by atoms with van der Waals surface area (Å²) >= 11 is 0. The first-order valence-electron chi connectivity index (χ1n) is 6.82. The van der Waals surface area contributed by atoms with Crippen LogP contribution >= 0.6 is 0 Å². The highest BCUT2D eigenvalue weighted by Gasteiger charge is 2.31. The predicted octanol–water partition coefficient (Wildman–Crippen LogP) is 3.82. The third kappa shape index (κ3) is 4.12. The Hall–Kier alpha value is -1.72. The number of carbonyl (C=O) groups is 1. The molecule has 0 saturated heterocycles. The van der Waals surface area contributed by atoms with E-state index in [0.717, 1.165) is 12.1 Å². The van der Waals surface area contributed by atoms with Crippen LogP contribution < -0.4 is 4.74 Å². The number of hydrogen-bond acceptors (Lipinski definition) is 3. The molecule has 21 heavy (non-hydrogen) atoms. The number of halogens is 3. The van der Waals surface area contributed by atoms with Crippen LogP contribution in [0.5, 0.6) is 5.75 Å². The van der Waals surface area contributed by atoms with Gasteiger partial charge in [-0.25, -0.2) is 0 Å². The second-order valence-electron chi connectivity index (χ2n) is 5.14. The second-order valence-corrected chi connectivity index (χ2v) is 5.14. The van der Waals surface area contributed by atoms with E-state index in [9.17, 15) is 18.0 Å². The molecule has 1 fully saturated rings. The molecular formula is C15H17F3O3. The van der Waals surface area contributed by atoms with E-state index in [1.165, 1.54) is 19.2 Å². The maximum atomic E-state index is 12.6. The number of benzene rings is 1. The van der Waals surface area contributed by atoms with Crippen LogP contribution in [0.15, 0.2) is 24.3 Å². The first-order chi connectivity index (χ1) is 9.90. The molecule has 1 aliphatic carbocycles. The predicted molar refractivity (Wildman–Crippen MR) is 69.8 cm³/mol. The molecular weight excluding hydrogens is 285 g/mol. The van der Waals surface area contributed by atoms with Crippen molar-refractivity contribution in [3.05, 3.63) is 29.8 Å². The lowest BCUT2D eigenvalue weighted by Crippen LogP contribution is -2.28. The summed E-state index contributed by atoms with van der Waals surface area (Å²) in [6, 6.07) is 4.87. The van der Waals surface area contributed by atoms with Gasteiger partial charge in [-0.15, -0.1) is 0 Å². The van der Waals surface area contributed by atoms with Crippen LogP contribution in [0.4, 0.5) is 13.2 Å². The average Bonchev–Trinajstić information content (AvgIpc) is 2.47. The van der Waals surface area contributed by atoms with Gasteiger partial charge in [-0.05, 0) is 43.9 Å². The molecule has 0 unspecified atom stereocenters. The first kappa shape index (κ1) is 15.7. The van der Waals surface area contributed by atoms with E-state index in [0.29, 0.717) is 25.7 Å². The van der Waals surface area contributed by atoms with E-state index in [-0.39, 0.29) is 23.7 Å². The van der Waals surface area contributed by atoms with Gasteiger partial charge in [0.15, 0.2) is 0 Å². The van der Waals surface area contributed by atoms with Crippen molar-refractivity contribution in [3.8, 4) is 5.75 Å². The fourth-order valence-electron chi connectivity index (χ4n) is 2.52. The lowest BCUT2D eigenvalue weighted by Gasteiger charge is -2.27. The van der Waals surface area contributed by atoms with Gasteiger partial charge < -0.3 is 9.47 Å². The molecule has 0 N–H and O–H groups in total. The van der Waals surface area contributed by atoms with Crippen LogP contribution in [0.2, 0.25) is 0 Å². The van der Waals surface area contributed by atoms with E-state index in [2.05, 4.69) is 0 Å². The van der Waals surface area contributed by atoms with Crippen LogP contribution in [0.25, 0.3) is 0 Å². The zero-order valence-electron chi connectivity index (χ0n) is 11.7. The minimum absolute atomic E-state index is 0.128. The monoisotopic (exact) mass is 302 g/mol. The molecule has 1 aliphatic rings. The van der Waals surface area contributed by atoms with Gasteiger partial charge in [0.2, 0.25) is 0 Å².